The minimum atomic E-state index is -0.919. The van der Waals surface area contributed by atoms with Crippen LogP contribution in [-0.2, 0) is 19.1 Å². The molecule has 0 bridgehead atoms. The molecule has 2 amide bonds. The fraction of sp³-hybridized carbons (Fsp3) is 0.786. The maximum atomic E-state index is 12.7. The second-order valence-corrected chi connectivity index (χ2v) is 5.57. The zero-order valence-electron chi connectivity index (χ0n) is 12.2. The second kappa shape index (κ2) is 6.89. The predicted molar refractivity (Wildman–Crippen MR) is 73.5 cm³/mol. The summed E-state index contributed by atoms with van der Waals surface area (Å²) >= 11 is 0. The van der Waals surface area contributed by atoms with E-state index in [0.717, 1.165) is 12.8 Å². The molecule has 3 atom stereocenters. The van der Waals surface area contributed by atoms with Gasteiger partial charge in [-0.2, -0.15) is 0 Å². The lowest BCUT2D eigenvalue weighted by Gasteiger charge is -2.38. The molecule has 1 aliphatic heterocycles. The van der Waals surface area contributed by atoms with Gasteiger partial charge in [-0.3, -0.25) is 14.4 Å². The van der Waals surface area contributed by atoms with Crippen molar-refractivity contribution in [2.24, 2.45) is 11.8 Å². The summed E-state index contributed by atoms with van der Waals surface area (Å²) in [4.78, 5) is 37.4. The molecule has 7 heteroatoms. The summed E-state index contributed by atoms with van der Waals surface area (Å²) in [6.45, 7) is 0.874. The summed E-state index contributed by atoms with van der Waals surface area (Å²) in [6.07, 6.45) is 2.80. The first-order valence-electron chi connectivity index (χ1n) is 7.39. The Balaban J connectivity index is 2.15. The molecular weight excluding hydrogens is 276 g/mol. The lowest BCUT2D eigenvalue weighted by Crippen LogP contribution is -2.57. The van der Waals surface area contributed by atoms with Crippen LogP contribution in [0.2, 0.25) is 0 Å². The highest BCUT2D eigenvalue weighted by Crippen LogP contribution is 2.32. The van der Waals surface area contributed by atoms with Gasteiger partial charge in [0.2, 0.25) is 11.8 Å². The molecule has 2 rings (SSSR count). The number of rotatable bonds is 3. The minimum Gasteiger partial charge on any atom is -0.481 e. The van der Waals surface area contributed by atoms with Crippen molar-refractivity contribution in [3.63, 3.8) is 0 Å². The third-order valence-electron chi connectivity index (χ3n) is 4.36. The van der Waals surface area contributed by atoms with Crippen molar-refractivity contribution in [2.45, 2.75) is 31.7 Å². The summed E-state index contributed by atoms with van der Waals surface area (Å²) in [5.41, 5.74) is 0. The van der Waals surface area contributed by atoms with E-state index in [1.54, 1.807) is 0 Å². The average Bonchev–Trinajstić information content (AvgIpc) is 2.53. The summed E-state index contributed by atoms with van der Waals surface area (Å²) in [5, 5.41) is 11.8. The highest BCUT2D eigenvalue weighted by molar-refractivity contribution is 5.90. The zero-order valence-corrected chi connectivity index (χ0v) is 12.2. The predicted octanol–water partition coefficient (Wildman–Crippen LogP) is -0.149. The van der Waals surface area contributed by atoms with Crippen molar-refractivity contribution in [3.05, 3.63) is 0 Å². The largest absolute Gasteiger partial charge is 0.481 e. The lowest BCUT2D eigenvalue weighted by molar-refractivity contribution is -0.159. The lowest BCUT2D eigenvalue weighted by atomic mass is 9.78. The van der Waals surface area contributed by atoms with E-state index >= 15 is 0 Å². The molecule has 0 spiro atoms. The zero-order chi connectivity index (χ0) is 15.4. The number of carboxylic acids is 1. The van der Waals surface area contributed by atoms with E-state index in [1.807, 2.05) is 0 Å². The van der Waals surface area contributed by atoms with Crippen LogP contribution < -0.4 is 5.32 Å². The normalized spacial score (nSPS) is 29.8. The number of nitrogens with one attached hydrogen (secondary N) is 1. The molecule has 118 valence electrons. The van der Waals surface area contributed by atoms with E-state index < -0.39 is 23.8 Å². The number of morpholine rings is 1. The summed E-state index contributed by atoms with van der Waals surface area (Å²) in [7, 11) is 1.51. The monoisotopic (exact) mass is 298 g/mol. The third-order valence-corrected chi connectivity index (χ3v) is 4.36. The van der Waals surface area contributed by atoms with Gasteiger partial charge in [0.25, 0.3) is 0 Å². The molecule has 2 N–H and O–H groups in total. The van der Waals surface area contributed by atoms with Crippen LogP contribution in [0.5, 0.6) is 0 Å². The molecular formula is C14H22N2O5. The van der Waals surface area contributed by atoms with Gasteiger partial charge < -0.3 is 20.1 Å². The van der Waals surface area contributed by atoms with Crippen LogP contribution in [-0.4, -0.2) is 60.6 Å². The van der Waals surface area contributed by atoms with Gasteiger partial charge >= 0.3 is 5.97 Å². The highest BCUT2D eigenvalue weighted by atomic mass is 16.5. The Kier molecular flexibility index (Phi) is 5.17. The van der Waals surface area contributed by atoms with Crippen LogP contribution in [0.4, 0.5) is 0 Å². The molecule has 0 aromatic carbocycles. The van der Waals surface area contributed by atoms with Gasteiger partial charge in [0.15, 0.2) is 0 Å². The van der Waals surface area contributed by atoms with Gasteiger partial charge in [-0.25, -0.2) is 0 Å². The maximum Gasteiger partial charge on any atom is 0.307 e. The van der Waals surface area contributed by atoms with Gasteiger partial charge in [-0.1, -0.05) is 12.8 Å². The average molecular weight is 298 g/mol. The van der Waals surface area contributed by atoms with Gasteiger partial charge in [0.05, 0.1) is 25.0 Å². The molecule has 1 saturated carbocycles. The van der Waals surface area contributed by atoms with Crippen LogP contribution in [0.25, 0.3) is 0 Å². The number of likely N-dealkylation sites (N-methyl/N-ethyl adjacent to an activating group) is 1. The minimum absolute atomic E-state index is 0.163. The van der Waals surface area contributed by atoms with Crippen molar-refractivity contribution in [3.8, 4) is 0 Å². The fourth-order valence-corrected chi connectivity index (χ4v) is 3.19. The van der Waals surface area contributed by atoms with E-state index in [2.05, 4.69) is 5.32 Å². The molecule has 2 aliphatic rings. The van der Waals surface area contributed by atoms with E-state index in [9.17, 15) is 19.5 Å². The maximum absolute atomic E-state index is 12.7. The Morgan fingerprint density at radius 2 is 1.86 bits per heavy atom. The van der Waals surface area contributed by atoms with Gasteiger partial charge in [0.1, 0.15) is 6.04 Å². The summed E-state index contributed by atoms with van der Waals surface area (Å²) in [6, 6.07) is -0.660. The van der Waals surface area contributed by atoms with Gasteiger partial charge in [0, 0.05) is 13.6 Å². The number of amides is 2. The van der Waals surface area contributed by atoms with Crippen LogP contribution in [0.1, 0.15) is 25.7 Å². The Morgan fingerprint density at radius 3 is 2.48 bits per heavy atom. The first-order valence-corrected chi connectivity index (χ1v) is 7.39. The van der Waals surface area contributed by atoms with Crippen molar-refractivity contribution in [1.82, 2.24) is 10.2 Å². The number of hydrogen-bond donors (Lipinski definition) is 2. The molecule has 7 nitrogen and oxygen atoms in total. The van der Waals surface area contributed by atoms with Gasteiger partial charge in [-0.15, -0.1) is 0 Å². The molecule has 1 aliphatic carbocycles. The number of nitrogens with zero attached hydrogens (tertiary/aromatic N) is 1. The summed E-state index contributed by atoms with van der Waals surface area (Å²) < 4.78 is 5.28. The fourth-order valence-electron chi connectivity index (χ4n) is 3.19. The Hall–Kier alpha value is -1.63. The molecule has 21 heavy (non-hydrogen) atoms. The first kappa shape index (κ1) is 15.8. The van der Waals surface area contributed by atoms with Crippen LogP contribution >= 0.6 is 0 Å². The van der Waals surface area contributed by atoms with Crippen LogP contribution in [0.3, 0.4) is 0 Å². The number of carbonyl (C=O) groups is 3. The number of carbonyl (C=O) groups excluding carboxylic acids is 2. The van der Waals surface area contributed by atoms with E-state index in [0.29, 0.717) is 26.0 Å². The quantitative estimate of drug-likeness (QED) is 0.755. The molecule has 1 unspecified atom stereocenters. The second-order valence-electron chi connectivity index (χ2n) is 5.57. The molecule has 1 saturated heterocycles. The number of aliphatic carboxylic acids is 1. The number of carboxylic acid groups (broad SMARTS) is 1. The van der Waals surface area contributed by atoms with Crippen molar-refractivity contribution in [2.75, 3.05) is 26.8 Å². The Bertz CT molecular complexity index is 426. The standard InChI is InChI=1S/C14H22N2O5/c1-15-12(17)11-8-21-7-6-16(11)13(18)9-4-2-3-5-10(9)14(19)20/h9-11H,2-8H2,1H3,(H,15,17)(H,19,20)/t9-,10+,11?/m1/s1. The number of ether oxygens (including phenoxy) is 1. The van der Waals surface area contributed by atoms with Crippen molar-refractivity contribution < 1.29 is 24.2 Å². The first-order chi connectivity index (χ1) is 10.1. The molecule has 0 aromatic heterocycles. The SMILES string of the molecule is CNC(=O)C1COCCN1C(=O)[C@@H]1CCCC[C@@H]1C(=O)O. The Morgan fingerprint density at radius 1 is 1.19 bits per heavy atom. The molecule has 1 heterocycles. The topological polar surface area (TPSA) is 95.9 Å². The highest BCUT2D eigenvalue weighted by Gasteiger charge is 2.41. The third kappa shape index (κ3) is 3.34. The van der Waals surface area contributed by atoms with Crippen LogP contribution in [0, 0.1) is 11.8 Å². The Labute approximate surface area is 123 Å². The van der Waals surface area contributed by atoms with Gasteiger partial charge in [-0.05, 0) is 12.8 Å². The molecule has 0 radical (unpaired) electrons. The van der Waals surface area contributed by atoms with Crippen molar-refractivity contribution in [1.29, 1.82) is 0 Å². The van der Waals surface area contributed by atoms with Crippen molar-refractivity contribution >= 4 is 17.8 Å². The smallest absolute Gasteiger partial charge is 0.307 e. The molecule has 2 fully saturated rings. The van der Waals surface area contributed by atoms with E-state index in [-0.39, 0.29) is 18.4 Å². The van der Waals surface area contributed by atoms with Crippen LogP contribution in [0.15, 0.2) is 0 Å². The van der Waals surface area contributed by atoms with E-state index in [1.165, 1.54) is 11.9 Å². The summed E-state index contributed by atoms with van der Waals surface area (Å²) in [5.74, 6) is -2.58. The molecule has 0 aromatic rings. The number of hydrogen-bond acceptors (Lipinski definition) is 4. The van der Waals surface area contributed by atoms with E-state index in [4.69, 9.17) is 4.74 Å².